The Kier molecular flexibility index (Phi) is 5.48. The maximum atomic E-state index is 13.0. The van der Waals surface area contributed by atoms with Gasteiger partial charge in [0.25, 0.3) is 0 Å². The number of halogens is 1. The molecule has 2 rings (SSSR count). The summed E-state index contributed by atoms with van der Waals surface area (Å²) in [4.78, 5) is 0. The van der Waals surface area contributed by atoms with Crippen LogP contribution in [0.25, 0.3) is 0 Å². The number of methoxy groups -OCH3 is 1. The van der Waals surface area contributed by atoms with Crippen LogP contribution in [0.2, 0.25) is 0 Å². The minimum atomic E-state index is -0.238. The van der Waals surface area contributed by atoms with Crippen molar-refractivity contribution in [3.63, 3.8) is 0 Å². The predicted molar refractivity (Wildman–Crippen MR) is 74.0 cm³/mol. The summed E-state index contributed by atoms with van der Waals surface area (Å²) in [6.07, 6.45) is 0.796. The summed E-state index contributed by atoms with van der Waals surface area (Å²) in [7, 11) is 1.66. The van der Waals surface area contributed by atoms with E-state index in [9.17, 15) is 9.50 Å². The number of hydrogen-bond acceptors (Lipinski definition) is 4. The summed E-state index contributed by atoms with van der Waals surface area (Å²) in [6.45, 7) is 2.57. The first-order valence-corrected chi connectivity index (χ1v) is 6.85. The lowest BCUT2D eigenvalue weighted by atomic mass is 9.86. The van der Waals surface area contributed by atoms with E-state index in [0.29, 0.717) is 26.4 Å². The summed E-state index contributed by atoms with van der Waals surface area (Å²) in [5.41, 5.74) is 0.850. The highest BCUT2D eigenvalue weighted by Crippen LogP contribution is 2.27. The lowest BCUT2D eigenvalue weighted by molar-refractivity contribution is -0.135. The van der Waals surface area contributed by atoms with Crippen molar-refractivity contribution in [2.45, 2.75) is 12.5 Å². The van der Waals surface area contributed by atoms with E-state index in [2.05, 4.69) is 5.32 Å². The number of hydrogen-bond donors (Lipinski definition) is 2. The van der Waals surface area contributed by atoms with Gasteiger partial charge in [-0.25, -0.2) is 4.39 Å². The van der Waals surface area contributed by atoms with Crippen LogP contribution in [-0.4, -0.2) is 45.2 Å². The standard InChI is InChI=1S/C15H22FNO3/c1-19-7-6-14(12-2-4-13(16)5-3-12)17-8-15(9-18)10-20-11-15/h2-5,14,17-18H,6-11H2,1H3. The Balaban J connectivity index is 1.97. The zero-order chi connectivity index (χ0) is 14.4. The van der Waals surface area contributed by atoms with Crippen LogP contribution in [-0.2, 0) is 9.47 Å². The van der Waals surface area contributed by atoms with Crippen molar-refractivity contribution in [2.24, 2.45) is 5.41 Å². The van der Waals surface area contributed by atoms with Gasteiger partial charge in [0.05, 0.1) is 25.2 Å². The third-order valence-electron chi connectivity index (χ3n) is 3.76. The topological polar surface area (TPSA) is 50.7 Å². The molecule has 0 bridgehead atoms. The van der Waals surface area contributed by atoms with Crippen LogP contribution in [0.15, 0.2) is 24.3 Å². The molecule has 1 aromatic carbocycles. The summed E-state index contributed by atoms with van der Waals surface area (Å²) in [5.74, 6) is -0.238. The highest BCUT2D eigenvalue weighted by Gasteiger charge is 2.38. The second kappa shape index (κ2) is 7.13. The van der Waals surface area contributed by atoms with Crippen LogP contribution in [0.1, 0.15) is 18.0 Å². The normalized spacial score (nSPS) is 18.6. The average molecular weight is 283 g/mol. The van der Waals surface area contributed by atoms with E-state index in [0.717, 1.165) is 12.0 Å². The fourth-order valence-corrected chi connectivity index (χ4v) is 2.30. The van der Waals surface area contributed by atoms with Crippen LogP contribution < -0.4 is 5.32 Å². The Hall–Kier alpha value is -1.01. The Morgan fingerprint density at radius 2 is 2.10 bits per heavy atom. The van der Waals surface area contributed by atoms with E-state index in [-0.39, 0.29) is 23.9 Å². The number of aliphatic hydroxyl groups is 1. The highest BCUT2D eigenvalue weighted by atomic mass is 19.1. The second-order valence-corrected chi connectivity index (χ2v) is 5.42. The van der Waals surface area contributed by atoms with Gasteiger partial charge in [-0.2, -0.15) is 0 Å². The van der Waals surface area contributed by atoms with Gasteiger partial charge < -0.3 is 19.9 Å². The molecule has 0 aliphatic carbocycles. The fraction of sp³-hybridized carbons (Fsp3) is 0.600. The van der Waals surface area contributed by atoms with E-state index in [1.54, 1.807) is 19.2 Å². The molecule has 2 N–H and O–H groups in total. The van der Waals surface area contributed by atoms with Gasteiger partial charge in [0, 0.05) is 26.3 Å². The van der Waals surface area contributed by atoms with Crippen LogP contribution >= 0.6 is 0 Å². The summed E-state index contributed by atoms with van der Waals surface area (Å²) < 4.78 is 23.3. The van der Waals surface area contributed by atoms with Crippen molar-refractivity contribution in [1.82, 2.24) is 5.32 Å². The Bertz CT molecular complexity index is 401. The molecule has 0 radical (unpaired) electrons. The lowest BCUT2D eigenvalue weighted by Gasteiger charge is -2.41. The molecular formula is C15H22FNO3. The number of benzene rings is 1. The van der Waals surface area contributed by atoms with Crippen molar-refractivity contribution >= 4 is 0 Å². The SMILES string of the molecule is COCCC(NCC1(CO)COC1)c1ccc(F)cc1. The Labute approximate surface area is 118 Å². The van der Waals surface area contributed by atoms with E-state index in [1.807, 2.05) is 0 Å². The molecule has 1 aromatic rings. The van der Waals surface area contributed by atoms with Gasteiger partial charge in [-0.1, -0.05) is 12.1 Å². The highest BCUT2D eigenvalue weighted by molar-refractivity contribution is 5.20. The molecule has 1 aliphatic heterocycles. The van der Waals surface area contributed by atoms with Crippen LogP contribution in [0.5, 0.6) is 0 Å². The van der Waals surface area contributed by atoms with Gasteiger partial charge in [0.1, 0.15) is 5.82 Å². The Morgan fingerprint density at radius 3 is 2.60 bits per heavy atom. The number of rotatable bonds is 8. The molecule has 112 valence electrons. The molecule has 0 saturated carbocycles. The zero-order valence-electron chi connectivity index (χ0n) is 11.8. The predicted octanol–water partition coefficient (Wildman–Crippen LogP) is 1.50. The maximum Gasteiger partial charge on any atom is 0.123 e. The monoisotopic (exact) mass is 283 g/mol. The third-order valence-corrected chi connectivity index (χ3v) is 3.76. The van der Waals surface area contributed by atoms with E-state index in [1.165, 1.54) is 12.1 Å². The van der Waals surface area contributed by atoms with Crippen LogP contribution in [0.4, 0.5) is 4.39 Å². The molecule has 1 atom stereocenters. The number of aliphatic hydroxyl groups excluding tert-OH is 1. The largest absolute Gasteiger partial charge is 0.396 e. The number of ether oxygens (including phenoxy) is 2. The molecule has 20 heavy (non-hydrogen) atoms. The molecule has 0 spiro atoms. The van der Waals surface area contributed by atoms with Crippen LogP contribution in [0, 0.1) is 11.2 Å². The fourth-order valence-electron chi connectivity index (χ4n) is 2.30. The van der Waals surface area contributed by atoms with Gasteiger partial charge in [0.2, 0.25) is 0 Å². The van der Waals surface area contributed by atoms with Gasteiger partial charge in [-0.15, -0.1) is 0 Å². The average Bonchev–Trinajstić information content (AvgIpc) is 2.42. The lowest BCUT2D eigenvalue weighted by Crippen LogP contribution is -2.52. The first-order chi connectivity index (χ1) is 9.69. The summed E-state index contributed by atoms with van der Waals surface area (Å²) >= 11 is 0. The van der Waals surface area contributed by atoms with Crippen LogP contribution in [0.3, 0.4) is 0 Å². The van der Waals surface area contributed by atoms with Gasteiger partial charge in [-0.05, 0) is 24.1 Å². The van der Waals surface area contributed by atoms with Gasteiger partial charge in [-0.3, -0.25) is 0 Å². The molecule has 1 saturated heterocycles. The second-order valence-electron chi connectivity index (χ2n) is 5.42. The Morgan fingerprint density at radius 1 is 1.40 bits per heavy atom. The van der Waals surface area contributed by atoms with Crippen molar-refractivity contribution in [3.8, 4) is 0 Å². The van der Waals surface area contributed by atoms with E-state index >= 15 is 0 Å². The smallest absolute Gasteiger partial charge is 0.123 e. The molecule has 1 aliphatic rings. The molecule has 5 heteroatoms. The molecule has 0 aromatic heterocycles. The van der Waals surface area contributed by atoms with Crippen molar-refractivity contribution < 1.29 is 19.0 Å². The minimum Gasteiger partial charge on any atom is -0.396 e. The summed E-state index contributed by atoms with van der Waals surface area (Å²) in [6, 6.07) is 6.58. The van der Waals surface area contributed by atoms with E-state index in [4.69, 9.17) is 9.47 Å². The number of nitrogens with one attached hydrogen (secondary N) is 1. The van der Waals surface area contributed by atoms with E-state index < -0.39 is 0 Å². The van der Waals surface area contributed by atoms with Crippen molar-refractivity contribution in [1.29, 1.82) is 0 Å². The molecular weight excluding hydrogens is 261 g/mol. The van der Waals surface area contributed by atoms with Gasteiger partial charge in [0.15, 0.2) is 0 Å². The first-order valence-electron chi connectivity index (χ1n) is 6.85. The summed E-state index contributed by atoms with van der Waals surface area (Å²) in [5, 5.41) is 12.9. The van der Waals surface area contributed by atoms with Gasteiger partial charge >= 0.3 is 0 Å². The van der Waals surface area contributed by atoms with Crippen molar-refractivity contribution in [2.75, 3.05) is 40.1 Å². The first kappa shape index (κ1) is 15.4. The molecule has 1 heterocycles. The molecule has 0 amide bonds. The van der Waals surface area contributed by atoms with Crippen molar-refractivity contribution in [3.05, 3.63) is 35.6 Å². The third kappa shape index (κ3) is 3.76. The molecule has 1 fully saturated rings. The maximum absolute atomic E-state index is 13.0. The zero-order valence-corrected chi connectivity index (χ0v) is 11.8. The molecule has 1 unspecified atom stereocenters. The minimum absolute atomic E-state index is 0.0829. The quantitative estimate of drug-likeness (QED) is 0.759. The molecule has 4 nitrogen and oxygen atoms in total.